The molecule has 1 aromatic carbocycles. The van der Waals surface area contributed by atoms with Crippen LogP contribution in [-0.2, 0) is 6.54 Å². The Bertz CT molecular complexity index is 772. The molecule has 1 unspecified atom stereocenters. The Kier molecular flexibility index (Phi) is 5.48. The number of hydrogen-bond acceptors (Lipinski definition) is 5. The van der Waals surface area contributed by atoms with Gasteiger partial charge in [-0.2, -0.15) is 0 Å². The van der Waals surface area contributed by atoms with Crippen molar-refractivity contribution in [1.82, 2.24) is 10.3 Å². The maximum Gasteiger partial charge on any atom is 0.231 e. The molecule has 5 nitrogen and oxygen atoms in total. The minimum atomic E-state index is 0.259. The van der Waals surface area contributed by atoms with E-state index in [-0.39, 0.29) is 6.04 Å². The Balaban J connectivity index is 1.50. The molecule has 27 heavy (non-hydrogen) atoms. The zero-order chi connectivity index (χ0) is 18.6. The molecule has 4 rings (SSSR count). The fourth-order valence-corrected chi connectivity index (χ4v) is 4.01. The molecule has 144 valence electrons. The molecule has 2 aliphatic rings. The summed E-state index contributed by atoms with van der Waals surface area (Å²) >= 11 is 0. The van der Waals surface area contributed by atoms with Gasteiger partial charge in [0.1, 0.15) is 5.82 Å². The van der Waals surface area contributed by atoms with Crippen molar-refractivity contribution in [1.29, 1.82) is 0 Å². The smallest absolute Gasteiger partial charge is 0.231 e. The standard InChI is InChI=1S/C22H29N3O2/c1-16(2)21(24-14-18-7-6-8-19-22(18)27-15-26-19)17-9-10-23-20(13-17)25-11-4-3-5-12-25/h6-10,13,16,21,24H,3-5,11-12,14-15H2,1-2H3. The number of ether oxygens (including phenoxy) is 2. The van der Waals surface area contributed by atoms with Crippen molar-refractivity contribution in [3.63, 3.8) is 0 Å². The van der Waals surface area contributed by atoms with Crippen LogP contribution in [0.1, 0.15) is 50.3 Å². The quantitative estimate of drug-likeness (QED) is 0.825. The summed E-state index contributed by atoms with van der Waals surface area (Å²) in [5.41, 5.74) is 2.44. The van der Waals surface area contributed by atoms with Crippen LogP contribution in [-0.4, -0.2) is 24.9 Å². The van der Waals surface area contributed by atoms with Crippen molar-refractivity contribution in [3.05, 3.63) is 47.7 Å². The summed E-state index contributed by atoms with van der Waals surface area (Å²) in [4.78, 5) is 7.05. The first-order chi connectivity index (χ1) is 13.2. The molecule has 3 heterocycles. The third-order valence-electron chi connectivity index (χ3n) is 5.47. The predicted molar refractivity (Wildman–Crippen MR) is 107 cm³/mol. The van der Waals surface area contributed by atoms with Gasteiger partial charge >= 0.3 is 0 Å². The van der Waals surface area contributed by atoms with Gasteiger partial charge in [-0.15, -0.1) is 0 Å². The second-order valence-corrected chi connectivity index (χ2v) is 7.75. The van der Waals surface area contributed by atoms with E-state index in [1.807, 2.05) is 18.3 Å². The van der Waals surface area contributed by atoms with E-state index in [4.69, 9.17) is 9.47 Å². The molecular weight excluding hydrogens is 338 g/mol. The number of rotatable bonds is 6. The van der Waals surface area contributed by atoms with E-state index in [1.54, 1.807) is 0 Å². The fourth-order valence-electron chi connectivity index (χ4n) is 4.01. The SMILES string of the molecule is CC(C)C(NCc1cccc2c1OCO2)c1ccnc(N2CCCCC2)c1. The average molecular weight is 367 g/mol. The van der Waals surface area contributed by atoms with Crippen LogP contribution in [0.2, 0.25) is 0 Å². The molecule has 0 bridgehead atoms. The van der Waals surface area contributed by atoms with Gasteiger partial charge in [-0.3, -0.25) is 0 Å². The maximum absolute atomic E-state index is 5.65. The van der Waals surface area contributed by atoms with Gasteiger partial charge in [-0.1, -0.05) is 26.0 Å². The van der Waals surface area contributed by atoms with Crippen LogP contribution in [0.25, 0.3) is 0 Å². The first-order valence-electron chi connectivity index (χ1n) is 10.0. The molecule has 2 aliphatic heterocycles. The Morgan fingerprint density at radius 1 is 1.11 bits per heavy atom. The zero-order valence-electron chi connectivity index (χ0n) is 16.3. The molecule has 0 radical (unpaired) electrons. The molecular formula is C22H29N3O2. The summed E-state index contributed by atoms with van der Waals surface area (Å²) in [6.45, 7) is 7.80. The molecule has 0 spiro atoms. The summed E-state index contributed by atoms with van der Waals surface area (Å²) < 4.78 is 11.1. The number of hydrogen-bond donors (Lipinski definition) is 1. The number of fused-ring (bicyclic) bond motifs is 1. The monoisotopic (exact) mass is 367 g/mol. The Morgan fingerprint density at radius 3 is 2.78 bits per heavy atom. The number of nitrogens with one attached hydrogen (secondary N) is 1. The Hall–Kier alpha value is -2.27. The second kappa shape index (κ2) is 8.17. The van der Waals surface area contributed by atoms with E-state index in [9.17, 15) is 0 Å². The van der Waals surface area contributed by atoms with E-state index < -0.39 is 0 Å². The topological polar surface area (TPSA) is 46.6 Å². The van der Waals surface area contributed by atoms with E-state index in [0.717, 1.165) is 42.5 Å². The van der Waals surface area contributed by atoms with Crippen LogP contribution in [0.15, 0.2) is 36.5 Å². The second-order valence-electron chi connectivity index (χ2n) is 7.75. The number of nitrogens with zero attached hydrogens (tertiary/aromatic N) is 2. The van der Waals surface area contributed by atoms with E-state index >= 15 is 0 Å². The van der Waals surface area contributed by atoms with Crippen LogP contribution in [0, 0.1) is 5.92 Å². The molecule has 5 heteroatoms. The number of piperidine rings is 1. The molecule has 1 fully saturated rings. The molecule has 0 amide bonds. The third-order valence-corrected chi connectivity index (χ3v) is 5.47. The lowest BCUT2D eigenvalue weighted by molar-refractivity contribution is 0.173. The minimum Gasteiger partial charge on any atom is -0.454 e. The van der Waals surface area contributed by atoms with Gasteiger partial charge < -0.3 is 19.7 Å². The Labute approximate surface area is 161 Å². The van der Waals surface area contributed by atoms with Crippen LogP contribution in [0.4, 0.5) is 5.82 Å². The normalized spacial score (nSPS) is 17.4. The first kappa shape index (κ1) is 18.1. The highest BCUT2D eigenvalue weighted by Gasteiger charge is 2.21. The number of anilines is 1. The largest absolute Gasteiger partial charge is 0.454 e. The summed E-state index contributed by atoms with van der Waals surface area (Å²) in [7, 11) is 0. The average Bonchev–Trinajstić information content (AvgIpc) is 3.18. The molecule has 1 atom stereocenters. The zero-order valence-corrected chi connectivity index (χ0v) is 16.3. The first-order valence-corrected chi connectivity index (χ1v) is 10.0. The van der Waals surface area contributed by atoms with Crippen LogP contribution in [0.3, 0.4) is 0 Å². The lowest BCUT2D eigenvalue weighted by Gasteiger charge is -2.29. The van der Waals surface area contributed by atoms with Crippen LogP contribution in [0.5, 0.6) is 11.5 Å². The summed E-state index contributed by atoms with van der Waals surface area (Å²) in [5.74, 6) is 3.29. The molecule has 0 aliphatic carbocycles. The highest BCUT2D eigenvalue weighted by molar-refractivity contribution is 5.48. The number of pyridine rings is 1. The fraction of sp³-hybridized carbons (Fsp3) is 0.500. The number of aromatic nitrogens is 1. The number of para-hydroxylation sites is 1. The van der Waals surface area contributed by atoms with Crippen molar-refractivity contribution in [2.45, 2.75) is 45.7 Å². The van der Waals surface area contributed by atoms with E-state index in [0.29, 0.717) is 12.7 Å². The Morgan fingerprint density at radius 2 is 1.96 bits per heavy atom. The highest BCUT2D eigenvalue weighted by Crippen LogP contribution is 2.36. The van der Waals surface area contributed by atoms with Crippen LogP contribution < -0.4 is 19.7 Å². The van der Waals surface area contributed by atoms with Crippen LogP contribution >= 0.6 is 0 Å². The number of benzene rings is 1. The lowest BCUT2D eigenvalue weighted by atomic mass is 9.96. The van der Waals surface area contributed by atoms with Gasteiger partial charge in [0.05, 0.1) is 0 Å². The molecule has 1 aromatic heterocycles. The highest BCUT2D eigenvalue weighted by atomic mass is 16.7. The van der Waals surface area contributed by atoms with Gasteiger partial charge in [0.15, 0.2) is 11.5 Å². The van der Waals surface area contributed by atoms with E-state index in [2.05, 4.69) is 47.2 Å². The molecule has 2 aromatic rings. The van der Waals surface area contributed by atoms with Crippen molar-refractivity contribution >= 4 is 5.82 Å². The van der Waals surface area contributed by atoms with Gasteiger partial charge in [-0.05, 0) is 48.9 Å². The summed E-state index contributed by atoms with van der Waals surface area (Å²) in [6.07, 6.45) is 5.81. The minimum absolute atomic E-state index is 0.259. The predicted octanol–water partition coefficient (Wildman–Crippen LogP) is 4.29. The van der Waals surface area contributed by atoms with Crippen molar-refractivity contribution in [2.24, 2.45) is 5.92 Å². The van der Waals surface area contributed by atoms with E-state index in [1.165, 1.54) is 24.8 Å². The molecule has 1 saturated heterocycles. The molecule has 0 saturated carbocycles. The third kappa shape index (κ3) is 4.03. The maximum atomic E-state index is 5.65. The van der Waals surface area contributed by atoms with Gasteiger partial charge in [0.25, 0.3) is 0 Å². The van der Waals surface area contributed by atoms with Gasteiger partial charge in [0.2, 0.25) is 6.79 Å². The lowest BCUT2D eigenvalue weighted by Crippen LogP contribution is -2.31. The summed E-state index contributed by atoms with van der Waals surface area (Å²) in [5, 5.41) is 3.73. The van der Waals surface area contributed by atoms with Crippen molar-refractivity contribution in [3.8, 4) is 11.5 Å². The van der Waals surface area contributed by atoms with Crippen molar-refractivity contribution in [2.75, 3.05) is 24.8 Å². The van der Waals surface area contributed by atoms with Crippen molar-refractivity contribution < 1.29 is 9.47 Å². The summed E-state index contributed by atoms with van der Waals surface area (Å²) in [6, 6.07) is 10.7. The van der Waals surface area contributed by atoms with Gasteiger partial charge in [-0.25, -0.2) is 4.98 Å². The van der Waals surface area contributed by atoms with Gasteiger partial charge in [0, 0.05) is 37.4 Å². The molecule has 1 N–H and O–H groups in total.